The summed E-state index contributed by atoms with van der Waals surface area (Å²) in [5.74, 6) is 0.919. The lowest BCUT2D eigenvalue weighted by molar-refractivity contribution is -0.148. The molecule has 140 valence electrons. The molecule has 2 aromatic carbocycles. The Balaban J connectivity index is 1.51. The van der Waals surface area contributed by atoms with E-state index in [1.54, 1.807) is 43.5 Å². The highest BCUT2D eigenvalue weighted by Crippen LogP contribution is 2.27. The van der Waals surface area contributed by atoms with Gasteiger partial charge in [-0.25, -0.2) is 4.79 Å². The van der Waals surface area contributed by atoms with Crippen molar-refractivity contribution in [3.05, 3.63) is 58.4 Å². The summed E-state index contributed by atoms with van der Waals surface area (Å²) in [6.07, 6.45) is 0. The number of carbonyl (C=O) groups is 1. The van der Waals surface area contributed by atoms with Gasteiger partial charge in [0.25, 0.3) is 5.89 Å². The molecule has 0 fully saturated rings. The van der Waals surface area contributed by atoms with E-state index in [4.69, 9.17) is 41.8 Å². The molecule has 9 heteroatoms. The van der Waals surface area contributed by atoms with Crippen molar-refractivity contribution in [2.45, 2.75) is 6.61 Å². The van der Waals surface area contributed by atoms with Crippen LogP contribution < -0.4 is 9.47 Å². The van der Waals surface area contributed by atoms with Crippen molar-refractivity contribution >= 4 is 29.2 Å². The van der Waals surface area contributed by atoms with Gasteiger partial charge in [-0.05, 0) is 42.5 Å². The second-order valence-electron chi connectivity index (χ2n) is 5.25. The molecule has 0 aliphatic carbocycles. The molecule has 0 spiro atoms. The molecular weight excluding hydrogens is 395 g/mol. The highest BCUT2D eigenvalue weighted by Gasteiger charge is 2.12. The molecule has 1 aromatic heterocycles. The standard InChI is InChI=1S/C18H14Cl2N2O5/c1-24-13-5-2-11(3-6-13)18-22-21-16(27-18)9-26-17(23)10-25-15-7-4-12(19)8-14(15)20/h2-8H,9-10H2,1H3. The normalized spacial score (nSPS) is 10.5. The van der Waals surface area contributed by atoms with Gasteiger partial charge in [0.15, 0.2) is 13.2 Å². The minimum absolute atomic E-state index is 0.165. The van der Waals surface area contributed by atoms with Crippen LogP contribution in [0.25, 0.3) is 11.5 Å². The third-order valence-electron chi connectivity index (χ3n) is 3.40. The lowest BCUT2D eigenvalue weighted by atomic mass is 10.2. The average Bonchev–Trinajstić information content (AvgIpc) is 3.15. The fourth-order valence-corrected chi connectivity index (χ4v) is 2.54. The fourth-order valence-electron chi connectivity index (χ4n) is 2.08. The predicted molar refractivity (Wildman–Crippen MR) is 98.0 cm³/mol. The van der Waals surface area contributed by atoms with Gasteiger partial charge in [-0.2, -0.15) is 0 Å². The molecular formula is C18H14Cl2N2O5. The smallest absolute Gasteiger partial charge is 0.344 e. The first-order valence-corrected chi connectivity index (χ1v) is 8.51. The van der Waals surface area contributed by atoms with Crippen molar-refractivity contribution in [1.82, 2.24) is 10.2 Å². The molecule has 0 aliphatic rings. The van der Waals surface area contributed by atoms with Crippen LogP contribution in [0.4, 0.5) is 0 Å². The maximum atomic E-state index is 11.8. The highest BCUT2D eigenvalue weighted by molar-refractivity contribution is 6.35. The predicted octanol–water partition coefficient (Wildman–Crippen LogP) is 4.17. The van der Waals surface area contributed by atoms with E-state index in [-0.39, 0.29) is 19.1 Å². The molecule has 0 atom stereocenters. The Morgan fingerprint density at radius 3 is 2.59 bits per heavy atom. The van der Waals surface area contributed by atoms with Gasteiger partial charge < -0.3 is 18.6 Å². The largest absolute Gasteiger partial charge is 0.497 e. The summed E-state index contributed by atoms with van der Waals surface area (Å²) in [4.78, 5) is 11.8. The topological polar surface area (TPSA) is 83.7 Å². The van der Waals surface area contributed by atoms with Gasteiger partial charge in [0, 0.05) is 10.6 Å². The fraction of sp³-hybridized carbons (Fsp3) is 0.167. The number of rotatable bonds is 7. The van der Waals surface area contributed by atoms with Crippen LogP contribution in [0, 0.1) is 0 Å². The monoisotopic (exact) mass is 408 g/mol. The number of benzene rings is 2. The molecule has 0 unspecified atom stereocenters. The molecule has 1 heterocycles. The lowest BCUT2D eigenvalue weighted by Gasteiger charge is -2.07. The minimum atomic E-state index is -0.606. The van der Waals surface area contributed by atoms with Gasteiger partial charge >= 0.3 is 5.97 Å². The zero-order chi connectivity index (χ0) is 19.2. The number of esters is 1. The van der Waals surface area contributed by atoms with Crippen molar-refractivity contribution in [3.8, 4) is 23.0 Å². The van der Waals surface area contributed by atoms with Crippen LogP contribution in [0.15, 0.2) is 46.9 Å². The number of ether oxygens (including phenoxy) is 3. The number of carbonyl (C=O) groups excluding carboxylic acids is 1. The molecule has 7 nitrogen and oxygen atoms in total. The Morgan fingerprint density at radius 1 is 1.11 bits per heavy atom. The second-order valence-corrected chi connectivity index (χ2v) is 6.10. The van der Waals surface area contributed by atoms with Crippen LogP contribution in [0.3, 0.4) is 0 Å². The van der Waals surface area contributed by atoms with Crippen LogP contribution in [0.5, 0.6) is 11.5 Å². The molecule has 3 rings (SSSR count). The second kappa shape index (κ2) is 8.75. The number of nitrogens with zero attached hydrogens (tertiary/aromatic N) is 2. The minimum Gasteiger partial charge on any atom is -0.497 e. The van der Waals surface area contributed by atoms with Crippen molar-refractivity contribution in [2.75, 3.05) is 13.7 Å². The van der Waals surface area contributed by atoms with Crippen LogP contribution in [0.2, 0.25) is 10.0 Å². The third kappa shape index (κ3) is 5.12. The van der Waals surface area contributed by atoms with Gasteiger partial charge in [0.05, 0.1) is 12.1 Å². The Morgan fingerprint density at radius 2 is 1.89 bits per heavy atom. The van der Waals surface area contributed by atoms with E-state index >= 15 is 0 Å². The summed E-state index contributed by atoms with van der Waals surface area (Å²) >= 11 is 11.8. The number of methoxy groups -OCH3 is 1. The summed E-state index contributed by atoms with van der Waals surface area (Å²) < 4.78 is 20.9. The molecule has 0 N–H and O–H groups in total. The van der Waals surface area contributed by atoms with E-state index < -0.39 is 5.97 Å². The summed E-state index contributed by atoms with van der Waals surface area (Å²) in [5.41, 5.74) is 0.724. The van der Waals surface area contributed by atoms with Crippen molar-refractivity contribution in [1.29, 1.82) is 0 Å². The highest BCUT2D eigenvalue weighted by atomic mass is 35.5. The van der Waals surface area contributed by atoms with E-state index in [0.29, 0.717) is 27.4 Å². The Bertz CT molecular complexity index is 928. The number of halogens is 2. The maximum Gasteiger partial charge on any atom is 0.344 e. The lowest BCUT2D eigenvalue weighted by Crippen LogP contribution is -2.15. The summed E-state index contributed by atoms with van der Waals surface area (Å²) in [6, 6.07) is 11.8. The molecule has 0 saturated heterocycles. The summed E-state index contributed by atoms with van der Waals surface area (Å²) in [5, 5.41) is 8.54. The molecule has 27 heavy (non-hydrogen) atoms. The van der Waals surface area contributed by atoms with Gasteiger partial charge in [0.1, 0.15) is 11.5 Å². The average molecular weight is 409 g/mol. The van der Waals surface area contributed by atoms with E-state index in [1.807, 2.05) is 0 Å². The maximum absolute atomic E-state index is 11.8. The Labute approximate surface area is 164 Å². The van der Waals surface area contributed by atoms with Crippen molar-refractivity contribution < 1.29 is 23.4 Å². The van der Waals surface area contributed by atoms with Gasteiger partial charge in [0.2, 0.25) is 5.89 Å². The number of hydrogen-bond acceptors (Lipinski definition) is 7. The van der Waals surface area contributed by atoms with Gasteiger partial charge in [-0.3, -0.25) is 0 Å². The number of aromatic nitrogens is 2. The SMILES string of the molecule is COc1ccc(-c2nnc(COC(=O)COc3ccc(Cl)cc3Cl)o2)cc1. The first-order chi connectivity index (χ1) is 13.0. The van der Waals surface area contributed by atoms with Crippen molar-refractivity contribution in [2.24, 2.45) is 0 Å². The van der Waals surface area contributed by atoms with Crippen molar-refractivity contribution in [3.63, 3.8) is 0 Å². The van der Waals surface area contributed by atoms with Crippen LogP contribution in [-0.4, -0.2) is 29.9 Å². The molecule has 0 amide bonds. The van der Waals surface area contributed by atoms with E-state index in [1.165, 1.54) is 6.07 Å². The zero-order valence-corrected chi connectivity index (χ0v) is 15.7. The van der Waals surface area contributed by atoms with Gasteiger partial charge in [-0.15, -0.1) is 10.2 Å². The Kier molecular flexibility index (Phi) is 6.16. The van der Waals surface area contributed by atoms with Gasteiger partial charge in [-0.1, -0.05) is 23.2 Å². The molecule has 3 aromatic rings. The van der Waals surface area contributed by atoms with Crippen LogP contribution >= 0.6 is 23.2 Å². The first kappa shape index (κ1) is 19.0. The zero-order valence-electron chi connectivity index (χ0n) is 14.1. The molecule has 0 radical (unpaired) electrons. The van der Waals surface area contributed by atoms with E-state index in [2.05, 4.69) is 10.2 Å². The third-order valence-corrected chi connectivity index (χ3v) is 3.93. The molecule has 0 aliphatic heterocycles. The number of hydrogen-bond donors (Lipinski definition) is 0. The van der Waals surface area contributed by atoms with E-state index in [9.17, 15) is 4.79 Å². The Hall–Kier alpha value is -2.77. The summed E-state index contributed by atoms with van der Waals surface area (Å²) in [7, 11) is 1.58. The van der Waals surface area contributed by atoms with Crippen LogP contribution in [-0.2, 0) is 16.1 Å². The molecule has 0 saturated carbocycles. The summed E-state index contributed by atoms with van der Waals surface area (Å²) in [6.45, 7) is -0.486. The van der Waals surface area contributed by atoms with E-state index in [0.717, 1.165) is 5.56 Å². The molecule has 0 bridgehead atoms. The quantitative estimate of drug-likeness (QED) is 0.542. The first-order valence-electron chi connectivity index (χ1n) is 7.75. The van der Waals surface area contributed by atoms with Crippen LogP contribution in [0.1, 0.15) is 5.89 Å².